The summed E-state index contributed by atoms with van der Waals surface area (Å²) >= 11 is 0. The highest BCUT2D eigenvalue weighted by Gasteiger charge is 2.16. The number of rotatable bonds is 4. The number of aliphatic carboxylic acids is 1. The van der Waals surface area contributed by atoms with Crippen molar-refractivity contribution in [1.29, 1.82) is 0 Å². The van der Waals surface area contributed by atoms with Crippen molar-refractivity contribution in [1.82, 2.24) is 0 Å². The molecule has 80 valence electrons. The monoisotopic (exact) mass is 210 g/mol. The van der Waals surface area contributed by atoms with Gasteiger partial charge < -0.3 is 14.9 Å². The third-order valence-electron chi connectivity index (χ3n) is 1.72. The molecule has 5 nitrogen and oxygen atoms in total. The van der Waals surface area contributed by atoms with Crippen molar-refractivity contribution in [3.8, 4) is 11.5 Å². The van der Waals surface area contributed by atoms with Crippen LogP contribution in [0.2, 0.25) is 0 Å². The molecule has 0 aromatic heterocycles. The van der Waals surface area contributed by atoms with E-state index < -0.39 is 11.8 Å². The zero-order valence-electron chi connectivity index (χ0n) is 8.06. The SMILES string of the molecule is CCOc1cc(C(=O)C(=O)O)ccc1O. The topological polar surface area (TPSA) is 83.8 Å². The first-order valence-corrected chi connectivity index (χ1v) is 4.29. The number of ether oxygens (including phenoxy) is 1. The predicted molar refractivity (Wildman–Crippen MR) is 51.2 cm³/mol. The van der Waals surface area contributed by atoms with Gasteiger partial charge in [-0.1, -0.05) is 0 Å². The van der Waals surface area contributed by atoms with Crippen molar-refractivity contribution in [3.63, 3.8) is 0 Å². The Bertz CT molecular complexity index is 397. The van der Waals surface area contributed by atoms with E-state index >= 15 is 0 Å². The maximum absolute atomic E-state index is 11.1. The van der Waals surface area contributed by atoms with Gasteiger partial charge in [0.2, 0.25) is 0 Å². The van der Waals surface area contributed by atoms with Crippen LogP contribution in [-0.4, -0.2) is 28.6 Å². The van der Waals surface area contributed by atoms with E-state index in [1.807, 2.05) is 0 Å². The standard InChI is InChI=1S/C10H10O5/c1-2-15-8-5-6(3-4-7(8)11)9(12)10(13)14/h3-5,11H,2H2,1H3,(H,13,14). The Morgan fingerprint density at radius 2 is 2.07 bits per heavy atom. The quantitative estimate of drug-likeness (QED) is 0.573. The van der Waals surface area contributed by atoms with Crippen LogP contribution in [0.15, 0.2) is 18.2 Å². The van der Waals surface area contributed by atoms with Crippen LogP contribution in [0.3, 0.4) is 0 Å². The number of ketones is 1. The molecule has 1 aromatic carbocycles. The van der Waals surface area contributed by atoms with Crippen LogP contribution >= 0.6 is 0 Å². The third-order valence-corrected chi connectivity index (χ3v) is 1.72. The lowest BCUT2D eigenvalue weighted by Gasteiger charge is -2.06. The Balaban J connectivity index is 3.07. The second-order valence-corrected chi connectivity index (χ2v) is 2.75. The molecule has 0 aliphatic rings. The van der Waals surface area contributed by atoms with Crippen molar-refractivity contribution >= 4 is 11.8 Å². The molecule has 0 atom stereocenters. The number of carboxylic acids is 1. The van der Waals surface area contributed by atoms with Gasteiger partial charge in [0.05, 0.1) is 6.61 Å². The molecule has 1 rings (SSSR count). The van der Waals surface area contributed by atoms with Crippen LogP contribution in [0.25, 0.3) is 0 Å². The van der Waals surface area contributed by atoms with Crippen LogP contribution in [0.5, 0.6) is 11.5 Å². The first kappa shape index (κ1) is 11.0. The average molecular weight is 210 g/mol. The zero-order chi connectivity index (χ0) is 11.4. The van der Waals surface area contributed by atoms with Crippen LogP contribution < -0.4 is 4.74 Å². The number of benzene rings is 1. The number of phenols is 1. The Hall–Kier alpha value is -2.04. The smallest absolute Gasteiger partial charge is 0.377 e. The number of carbonyl (C=O) groups excluding carboxylic acids is 1. The van der Waals surface area contributed by atoms with E-state index in [4.69, 9.17) is 9.84 Å². The van der Waals surface area contributed by atoms with E-state index in [1.165, 1.54) is 18.2 Å². The van der Waals surface area contributed by atoms with Gasteiger partial charge in [0.15, 0.2) is 11.5 Å². The maximum Gasteiger partial charge on any atom is 0.377 e. The van der Waals surface area contributed by atoms with Gasteiger partial charge >= 0.3 is 5.97 Å². The minimum absolute atomic E-state index is 0.0243. The minimum atomic E-state index is -1.54. The van der Waals surface area contributed by atoms with E-state index in [9.17, 15) is 14.7 Å². The normalized spacial score (nSPS) is 9.67. The lowest BCUT2D eigenvalue weighted by Crippen LogP contribution is -2.12. The summed E-state index contributed by atoms with van der Waals surface area (Å²) in [7, 11) is 0. The number of phenolic OH excluding ortho intramolecular Hbond substituents is 1. The van der Waals surface area contributed by atoms with Crippen LogP contribution in [-0.2, 0) is 4.79 Å². The summed E-state index contributed by atoms with van der Waals surface area (Å²) in [4.78, 5) is 21.5. The summed E-state index contributed by atoms with van der Waals surface area (Å²) < 4.78 is 5.01. The molecule has 0 radical (unpaired) electrons. The number of hydrogen-bond donors (Lipinski definition) is 2. The van der Waals surface area contributed by atoms with E-state index in [-0.39, 0.29) is 17.1 Å². The molecule has 0 fully saturated rings. The van der Waals surface area contributed by atoms with E-state index in [0.717, 1.165) is 0 Å². The molecule has 2 N–H and O–H groups in total. The summed E-state index contributed by atoms with van der Waals surface area (Å²) in [6.45, 7) is 2.03. The van der Waals surface area contributed by atoms with Gasteiger partial charge in [-0.25, -0.2) is 4.79 Å². The number of Topliss-reactive ketones (excluding diaryl/α,β-unsaturated/α-hetero) is 1. The third kappa shape index (κ3) is 2.46. The Kier molecular flexibility index (Phi) is 3.28. The summed E-state index contributed by atoms with van der Waals surface area (Å²) in [6, 6.07) is 3.66. The molecule has 0 amide bonds. The Morgan fingerprint density at radius 3 is 2.60 bits per heavy atom. The molecular weight excluding hydrogens is 200 g/mol. The largest absolute Gasteiger partial charge is 0.504 e. The Morgan fingerprint density at radius 1 is 1.40 bits per heavy atom. The Labute approximate surface area is 85.9 Å². The van der Waals surface area contributed by atoms with Crippen molar-refractivity contribution < 1.29 is 24.5 Å². The molecule has 0 unspecified atom stereocenters. The van der Waals surface area contributed by atoms with Gasteiger partial charge in [0.25, 0.3) is 5.78 Å². The first-order chi connectivity index (χ1) is 7.06. The van der Waals surface area contributed by atoms with Crippen molar-refractivity contribution in [3.05, 3.63) is 23.8 Å². The molecule has 0 aliphatic heterocycles. The highest BCUT2D eigenvalue weighted by molar-refractivity contribution is 6.39. The maximum atomic E-state index is 11.1. The van der Waals surface area contributed by atoms with E-state index in [2.05, 4.69) is 0 Å². The molecule has 0 saturated heterocycles. The lowest BCUT2D eigenvalue weighted by molar-refractivity contribution is -0.131. The zero-order valence-corrected chi connectivity index (χ0v) is 8.06. The molecule has 0 bridgehead atoms. The molecule has 5 heteroatoms. The second kappa shape index (κ2) is 4.45. The first-order valence-electron chi connectivity index (χ1n) is 4.29. The average Bonchev–Trinajstić information content (AvgIpc) is 2.20. The van der Waals surface area contributed by atoms with Crippen molar-refractivity contribution in [2.24, 2.45) is 0 Å². The number of carboxylic acid groups (broad SMARTS) is 1. The fourth-order valence-corrected chi connectivity index (χ4v) is 1.05. The summed E-state index contributed by atoms with van der Waals surface area (Å²) in [5.74, 6) is -2.59. The fraction of sp³-hybridized carbons (Fsp3) is 0.200. The molecule has 1 aromatic rings. The molecule has 0 saturated carbocycles. The van der Waals surface area contributed by atoms with Crippen LogP contribution in [0.1, 0.15) is 17.3 Å². The van der Waals surface area contributed by atoms with E-state index in [0.29, 0.717) is 6.61 Å². The van der Waals surface area contributed by atoms with Gasteiger partial charge in [-0.05, 0) is 25.1 Å². The molecule has 0 heterocycles. The minimum Gasteiger partial charge on any atom is -0.504 e. The summed E-state index contributed by atoms with van der Waals surface area (Å²) in [6.07, 6.45) is 0. The van der Waals surface area contributed by atoms with Gasteiger partial charge in [0.1, 0.15) is 0 Å². The summed E-state index contributed by atoms with van der Waals surface area (Å²) in [5, 5.41) is 17.8. The molecule has 0 aliphatic carbocycles. The van der Waals surface area contributed by atoms with Gasteiger partial charge in [-0.2, -0.15) is 0 Å². The van der Waals surface area contributed by atoms with Gasteiger partial charge in [-0.3, -0.25) is 4.79 Å². The molecular formula is C10H10O5. The highest BCUT2D eigenvalue weighted by atomic mass is 16.5. The number of carbonyl (C=O) groups is 2. The van der Waals surface area contributed by atoms with Crippen LogP contribution in [0.4, 0.5) is 0 Å². The second-order valence-electron chi connectivity index (χ2n) is 2.75. The summed E-state index contributed by atoms with van der Waals surface area (Å²) in [5.41, 5.74) is -0.0243. The molecule has 0 spiro atoms. The van der Waals surface area contributed by atoms with Crippen LogP contribution in [0, 0.1) is 0 Å². The van der Waals surface area contributed by atoms with Gasteiger partial charge in [-0.15, -0.1) is 0 Å². The van der Waals surface area contributed by atoms with Crippen molar-refractivity contribution in [2.45, 2.75) is 6.92 Å². The number of hydrogen-bond acceptors (Lipinski definition) is 4. The van der Waals surface area contributed by atoms with Gasteiger partial charge in [0, 0.05) is 5.56 Å². The van der Waals surface area contributed by atoms with Crippen molar-refractivity contribution in [2.75, 3.05) is 6.61 Å². The fourth-order valence-electron chi connectivity index (χ4n) is 1.05. The highest BCUT2D eigenvalue weighted by Crippen LogP contribution is 2.26. The molecule has 15 heavy (non-hydrogen) atoms. The number of aromatic hydroxyl groups is 1. The predicted octanol–water partition coefficient (Wildman–Crippen LogP) is 1.06. The lowest BCUT2D eigenvalue weighted by atomic mass is 10.1. The van der Waals surface area contributed by atoms with E-state index in [1.54, 1.807) is 6.92 Å².